The third-order valence-electron chi connectivity index (χ3n) is 6.96. The highest BCUT2D eigenvalue weighted by atomic mass is 35.5. The zero-order valence-corrected chi connectivity index (χ0v) is 20.4. The summed E-state index contributed by atoms with van der Waals surface area (Å²) in [5, 5.41) is 0.928. The summed E-state index contributed by atoms with van der Waals surface area (Å²) >= 11 is 1.44. The Morgan fingerprint density at radius 3 is 2.82 bits per heavy atom. The van der Waals surface area contributed by atoms with Gasteiger partial charge in [-0.15, -0.1) is 23.7 Å². The lowest BCUT2D eigenvalue weighted by molar-refractivity contribution is 0.203. The van der Waals surface area contributed by atoms with Gasteiger partial charge >= 0.3 is 5.69 Å². The fourth-order valence-electron chi connectivity index (χ4n) is 5.36. The van der Waals surface area contributed by atoms with E-state index in [9.17, 15) is 9.59 Å². The molecule has 1 N–H and O–H groups in total. The maximum atomic E-state index is 13.1. The van der Waals surface area contributed by atoms with Crippen LogP contribution in [0, 0.1) is 5.92 Å². The van der Waals surface area contributed by atoms with Gasteiger partial charge in [0.1, 0.15) is 4.70 Å². The van der Waals surface area contributed by atoms with Crippen LogP contribution in [-0.2, 0) is 6.54 Å². The molecular weight excluding hydrogens is 474 g/mol. The summed E-state index contributed by atoms with van der Waals surface area (Å²) in [5.74, 6) is 2.54. The van der Waals surface area contributed by atoms with Gasteiger partial charge in [-0.05, 0) is 25.1 Å². The Morgan fingerprint density at radius 2 is 1.97 bits per heavy atom. The zero-order valence-electron chi connectivity index (χ0n) is 18.8. The van der Waals surface area contributed by atoms with Crippen molar-refractivity contribution in [2.45, 2.75) is 18.9 Å². The number of nitrogens with one attached hydrogen (secondary N) is 1. The van der Waals surface area contributed by atoms with Crippen molar-refractivity contribution in [3.63, 3.8) is 0 Å². The van der Waals surface area contributed by atoms with Gasteiger partial charge in [-0.1, -0.05) is 30.3 Å². The van der Waals surface area contributed by atoms with E-state index in [1.807, 2.05) is 36.4 Å². The predicted octanol–water partition coefficient (Wildman–Crippen LogP) is 3.83. The van der Waals surface area contributed by atoms with Crippen LogP contribution in [0.15, 0.2) is 52.1 Å². The summed E-state index contributed by atoms with van der Waals surface area (Å²) in [6, 6.07) is 13.9. The molecular formula is C25H26ClN3O4S. The fraction of sp³-hybridized carbons (Fsp3) is 0.360. The zero-order chi connectivity index (χ0) is 22.5. The van der Waals surface area contributed by atoms with Gasteiger partial charge in [0.25, 0.3) is 5.56 Å². The number of hydrogen-bond acceptors (Lipinski definition) is 6. The van der Waals surface area contributed by atoms with Crippen LogP contribution >= 0.6 is 23.7 Å². The van der Waals surface area contributed by atoms with Crippen LogP contribution in [-0.4, -0.2) is 47.8 Å². The Bertz CT molecular complexity index is 1480. The molecule has 2 aromatic carbocycles. The summed E-state index contributed by atoms with van der Waals surface area (Å²) in [6.07, 6.45) is 0.741. The molecule has 7 nitrogen and oxygen atoms in total. The van der Waals surface area contributed by atoms with Crippen LogP contribution in [0.2, 0.25) is 0 Å². The van der Waals surface area contributed by atoms with Crippen molar-refractivity contribution >= 4 is 44.0 Å². The largest absolute Gasteiger partial charge is 0.493 e. The molecule has 1 saturated heterocycles. The maximum absolute atomic E-state index is 13.1. The molecule has 0 amide bonds. The number of hydrogen-bond donors (Lipinski definition) is 1. The first kappa shape index (κ1) is 23.0. The van der Waals surface area contributed by atoms with Gasteiger partial charge in [0.2, 0.25) is 0 Å². The van der Waals surface area contributed by atoms with Gasteiger partial charge in [-0.2, -0.15) is 0 Å². The molecule has 4 aromatic rings. The number of thiophene rings is 1. The van der Waals surface area contributed by atoms with Gasteiger partial charge in [0.05, 0.1) is 19.2 Å². The van der Waals surface area contributed by atoms with E-state index in [1.165, 1.54) is 21.5 Å². The SMILES string of the molecule is COc1cccc2c1OC[C@H]1CN(CCCn3c(=O)[nH]c4c(sc5ccccc54)c3=O)C[C@@H]21.Cl. The molecule has 0 bridgehead atoms. The Balaban J connectivity index is 0.00000241. The number of nitrogens with zero attached hydrogens (tertiary/aromatic N) is 2. The van der Waals surface area contributed by atoms with Crippen molar-refractivity contribution in [2.24, 2.45) is 5.92 Å². The highest BCUT2D eigenvalue weighted by Gasteiger charge is 2.39. The van der Waals surface area contributed by atoms with Crippen LogP contribution < -0.4 is 20.7 Å². The number of ether oxygens (including phenoxy) is 2. The second-order valence-electron chi connectivity index (χ2n) is 8.86. The Morgan fingerprint density at radius 1 is 1.12 bits per heavy atom. The first-order valence-corrected chi connectivity index (χ1v) is 12.1. The number of H-pyrrole nitrogens is 1. The fourth-order valence-corrected chi connectivity index (χ4v) is 6.47. The molecule has 2 aromatic heterocycles. The van der Waals surface area contributed by atoms with Gasteiger partial charge in [-0.25, -0.2) is 4.79 Å². The monoisotopic (exact) mass is 499 g/mol. The molecule has 2 aliphatic heterocycles. The van der Waals surface area contributed by atoms with E-state index >= 15 is 0 Å². The quantitative estimate of drug-likeness (QED) is 0.451. The van der Waals surface area contributed by atoms with E-state index in [-0.39, 0.29) is 23.7 Å². The minimum atomic E-state index is -0.333. The Labute approximate surface area is 206 Å². The van der Waals surface area contributed by atoms with Crippen molar-refractivity contribution in [2.75, 3.05) is 33.4 Å². The van der Waals surface area contributed by atoms with Crippen LogP contribution in [0.5, 0.6) is 11.5 Å². The van der Waals surface area contributed by atoms with Crippen molar-refractivity contribution in [3.05, 3.63) is 68.9 Å². The molecule has 1 fully saturated rings. The molecule has 34 heavy (non-hydrogen) atoms. The first-order valence-electron chi connectivity index (χ1n) is 11.3. The highest BCUT2D eigenvalue weighted by Crippen LogP contribution is 2.45. The summed E-state index contributed by atoms with van der Waals surface area (Å²) in [7, 11) is 1.67. The standard InChI is InChI=1S/C25H25N3O4S.ClH/c1-31-19-8-4-7-16-18-13-27(12-15(18)14-32-22(16)19)10-5-11-28-24(29)23-21(26-25(28)30)17-6-2-3-9-20(17)33-23;/h2-4,6-9,15,18H,5,10-14H2,1H3,(H,26,30);1H/t15-,18-;/m1./s1. The second kappa shape index (κ2) is 9.09. The number of fused-ring (bicyclic) bond motifs is 6. The maximum Gasteiger partial charge on any atom is 0.328 e. The van der Waals surface area contributed by atoms with Crippen molar-refractivity contribution < 1.29 is 9.47 Å². The smallest absolute Gasteiger partial charge is 0.328 e. The molecule has 4 heterocycles. The van der Waals surface area contributed by atoms with Crippen LogP contribution in [0.1, 0.15) is 17.9 Å². The molecule has 2 aliphatic rings. The lowest BCUT2D eigenvalue weighted by Gasteiger charge is -2.28. The van der Waals surface area contributed by atoms with E-state index in [2.05, 4.69) is 16.0 Å². The van der Waals surface area contributed by atoms with Crippen LogP contribution in [0.3, 0.4) is 0 Å². The average Bonchev–Trinajstić information content (AvgIpc) is 3.42. The minimum absolute atomic E-state index is 0. The summed E-state index contributed by atoms with van der Waals surface area (Å²) in [4.78, 5) is 31.1. The average molecular weight is 500 g/mol. The molecule has 0 saturated carbocycles. The van der Waals surface area contributed by atoms with Crippen molar-refractivity contribution in [1.82, 2.24) is 14.5 Å². The van der Waals surface area contributed by atoms with Crippen molar-refractivity contribution in [1.29, 1.82) is 0 Å². The number of halogens is 1. The highest BCUT2D eigenvalue weighted by molar-refractivity contribution is 7.25. The third kappa shape index (κ3) is 3.70. The van der Waals surface area contributed by atoms with Gasteiger partial charge in [-0.3, -0.25) is 9.36 Å². The Kier molecular flexibility index (Phi) is 6.14. The normalized spacial score (nSPS) is 19.4. The molecule has 9 heteroatoms. The van der Waals surface area contributed by atoms with Crippen LogP contribution in [0.4, 0.5) is 0 Å². The van der Waals surface area contributed by atoms with Gasteiger partial charge < -0.3 is 19.4 Å². The summed E-state index contributed by atoms with van der Waals surface area (Å²) in [6.45, 7) is 3.85. The van der Waals surface area contributed by atoms with Gasteiger partial charge in [0, 0.05) is 47.1 Å². The number of rotatable bonds is 5. The van der Waals surface area contributed by atoms with E-state index < -0.39 is 0 Å². The molecule has 0 radical (unpaired) electrons. The van der Waals surface area contributed by atoms with Gasteiger partial charge in [0.15, 0.2) is 11.5 Å². The number of para-hydroxylation sites is 1. The lowest BCUT2D eigenvalue weighted by atomic mass is 9.87. The van der Waals surface area contributed by atoms with E-state index in [0.717, 1.165) is 47.6 Å². The number of likely N-dealkylation sites (tertiary alicyclic amines) is 1. The Hall–Kier alpha value is -2.81. The number of methoxy groups -OCH3 is 1. The first-order chi connectivity index (χ1) is 16.1. The molecule has 0 unspecified atom stereocenters. The number of aromatic nitrogens is 2. The molecule has 6 rings (SSSR count). The van der Waals surface area contributed by atoms with Crippen LogP contribution in [0.25, 0.3) is 20.3 Å². The molecule has 0 aliphatic carbocycles. The molecule has 178 valence electrons. The van der Waals surface area contributed by atoms with Crippen molar-refractivity contribution in [3.8, 4) is 11.5 Å². The summed E-state index contributed by atoms with van der Waals surface area (Å²) < 4.78 is 14.5. The van der Waals surface area contributed by atoms with E-state index in [1.54, 1.807) is 7.11 Å². The van der Waals surface area contributed by atoms with E-state index in [4.69, 9.17) is 9.47 Å². The number of aromatic amines is 1. The minimum Gasteiger partial charge on any atom is -0.493 e. The van der Waals surface area contributed by atoms with E-state index in [0.29, 0.717) is 35.2 Å². The predicted molar refractivity (Wildman–Crippen MR) is 137 cm³/mol. The topological polar surface area (TPSA) is 76.6 Å². The summed E-state index contributed by atoms with van der Waals surface area (Å²) in [5.41, 5.74) is 1.34. The second-order valence-corrected chi connectivity index (χ2v) is 9.91. The number of benzene rings is 2. The molecule has 0 spiro atoms. The third-order valence-corrected chi connectivity index (χ3v) is 8.11. The molecule has 2 atom stereocenters. The lowest BCUT2D eigenvalue weighted by Crippen LogP contribution is -2.35.